The van der Waals surface area contributed by atoms with Gasteiger partial charge in [-0.15, -0.1) is 0 Å². The molecule has 0 aliphatic heterocycles. The topological polar surface area (TPSA) is 69.6 Å². The van der Waals surface area contributed by atoms with Crippen LogP contribution in [-0.2, 0) is 6.42 Å². The van der Waals surface area contributed by atoms with Crippen molar-refractivity contribution in [1.29, 1.82) is 0 Å². The lowest BCUT2D eigenvalue weighted by Gasteiger charge is -2.11. The number of nitrogens with two attached hydrogens (primary N) is 1. The number of fused-ring (bicyclic) bond motifs is 1. The molecule has 5 heteroatoms. The van der Waals surface area contributed by atoms with Crippen LogP contribution in [0.4, 0.5) is 5.69 Å². The number of hydrogen-bond acceptors (Lipinski definition) is 4. The highest BCUT2D eigenvalue weighted by molar-refractivity contribution is 5.82. The van der Waals surface area contributed by atoms with Crippen molar-refractivity contribution in [3.05, 3.63) is 84.6 Å². The number of hydrogen-bond donors (Lipinski definition) is 1. The van der Waals surface area contributed by atoms with E-state index in [-0.39, 0.29) is 0 Å². The Balaban J connectivity index is 1.97. The first-order valence-corrected chi connectivity index (χ1v) is 8.00. The van der Waals surface area contributed by atoms with Crippen LogP contribution in [0, 0.1) is 0 Å². The molecule has 4 rings (SSSR count). The lowest BCUT2D eigenvalue weighted by molar-refractivity contribution is 0.894. The first-order chi connectivity index (χ1) is 12.3. The Hall–Kier alpha value is -3.47. The second kappa shape index (κ2) is 6.20. The molecule has 5 nitrogen and oxygen atoms in total. The molecule has 0 bridgehead atoms. The van der Waals surface area contributed by atoms with Crippen molar-refractivity contribution in [1.82, 2.24) is 19.5 Å². The third-order valence-corrected chi connectivity index (χ3v) is 4.10. The van der Waals surface area contributed by atoms with Crippen molar-refractivity contribution in [2.75, 3.05) is 5.73 Å². The van der Waals surface area contributed by atoms with Gasteiger partial charge in [-0.25, -0.2) is 15.0 Å². The predicted octanol–water partition coefficient (Wildman–Crippen LogP) is 3.63. The van der Waals surface area contributed by atoms with Gasteiger partial charge in [-0.2, -0.15) is 0 Å². The summed E-state index contributed by atoms with van der Waals surface area (Å²) in [5, 5.41) is 0. The normalized spacial score (nSPS) is 10.9. The second-order valence-corrected chi connectivity index (χ2v) is 5.78. The third kappa shape index (κ3) is 2.76. The van der Waals surface area contributed by atoms with Crippen molar-refractivity contribution in [3.8, 4) is 5.82 Å². The smallest absolute Gasteiger partial charge is 0.149 e. The monoisotopic (exact) mass is 327 g/mol. The third-order valence-electron chi connectivity index (χ3n) is 4.10. The largest absolute Gasteiger partial charge is 0.399 e. The number of nitrogen functional groups attached to an aromatic ring is 1. The summed E-state index contributed by atoms with van der Waals surface area (Å²) in [6.07, 6.45) is 5.74. The van der Waals surface area contributed by atoms with Crippen LogP contribution in [0.1, 0.15) is 17.0 Å². The molecule has 0 saturated heterocycles. The maximum absolute atomic E-state index is 5.94. The van der Waals surface area contributed by atoms with Gasteiger partial charge in [0.05, 0.1) is 11.0 Å². The summed E-state index contributed by atoms with van der Waals surface area (Å²) in [5.41, 5.74) is 10.5. The zero-order chi connectivity index (χ0) is 17.2. The summed E-state index contributed by atoms with van der Waals surface area (Å²) in [6.45, 7) is 3.88. The Bertz CT molecular complexity index is 1050. The van der Waals surface area contributed by atoms with E-state index in [0.717, 1.165) is 28.2 Å². The van der Waals surface area contributed by atoms with E-state index in [1.54, 1.807) is 12.3 Å². The van der Waals surface area contributed by atoms with Gasteiger partial charge in [0.2, 0.25) is 0 Å². The van der Waals surface area contributed by atoms with Crippen LogP contribution in [0.3, 0.4) is 0 Å². The molecule has 0 fully saturated rings. The number of anilines is 1. The second-order valence-electron chi connectivity index (χ2n) is 5.78. The van der Waals surface area contributed by atoms with E-state index in [4.69, 9.17) is 10.7 Å². The molecule has 4 aromatic rings. The Kier molecular flexibility index (Phi) is 3.74. The van der Waals surface area contributed by atoms with Crippen LogP contribution in [0.5, 0.6) is 0 Å². The molecule has 0 unspecified atom stereocenters. The van der Waals surface area contributed by atoms with E-state index < -0.39 is 0 Å². The van der Waals surface area contributed by atoms with Crippen LogP contribution < -0.4 is 5.73 Å². The van der Waals surface area contributed by atoms with Crippen molar-refractivity contribution >= 4 is 22.8 Å². The van der Waals surface area contributed by atoms with Gasteiger partial charge in [-0.3, -0.25) is 4.57 Å². The molecule has 2 N–H and O–H groups in total. The van der Waals surface area contributed by atoms with Crippen molar-refractivity contribution in [2.24, 2.45) is 0 Å². The van der Waals surface area contributed by atoms with Gasteiger partial charge in [-0.1, -0.05) is 43.0 Å². The van der Waals surface area contributed by atoms with E-state index >= 15 is 0 Å². The van der Waals surface area contributed by atoms with Gasteiger partial charge in [0.25, 0.3) is 0 Å². The minimum absolute atomic E-state index is 0.690. The molecule has 0 amide bonds. The fourth-order valence-corrected chi connectivity index (χ4v) is 2.95. The van der Waals surface area contributed by atoms with Crippen molar-refractivity contribution < 1.29 is 0 Å². The highest BCUT2D eigenvalue weighted by Gasteiger charge is 2.16. The van der Waals surface area contributed by atoms with Gasteiger partial charge >= 0.3 is 0 Å². The lowest BCUT2D eigenvalue weighted by Crippen LogP contribution is -2.06. The zero-order valence-corrected chi connectivity index (χ0v) is 13.6. The molecule has 0 spiro atoms. The summed E-state index contributed by atoms with van der Waals surface area (Å²) in [5.74, 6) is 1.66. The molecule has 122 valence electrons. The number of aromatic nitrogens is 4. The van der Waals surface area contributed by atoms with Gasteiger partial charge in [0.15, 0.2) is 0 Å². The summed E-state index contributed by atoms with van der Waals surface area (Å²) < 4.78 is 2.06. The molecule has 0 radical (unpaired) electrons. The minimum Gasteiger partial charge on any atom is -0.399 e. The number of benzene rings is 2. The van der Waals surface area contributed by atoms with Crippen LogP contribution in [-0.4, -0.2) is 19.5 Å². The average Bonchev–Trinajstić information content (AvgIpc) is 2.99. The van der Waals surface area contributed by atoms with E-state index in [1.165, 1.54) is 11.9 Å². The molecular weight excluding hydrogens is 310 g/mol. The standard InChI is InChI=1S/C20H17N5/c1-2-15-12-22-13-23-20(15)25-18-9-8-16(21)11-17(18)24-19(25)10-14-6-4-3-5-7-14/h2-9,11-13H,1,10,21H2. The highest BCUT2D eigenvalue weighted by Crippen LogP contribution is 2.25. The van der Waals surface area contributed by atoms with Crippen LogP contribution in [0.25, 0.3) is 22.9 Å². The molecule has 2 heterocycles. The maximum Gasteiger partial charge on any atom is 0.149 e. The molecule has 0 atom stereocenters. The molecule has 0 aliphatic rings. The van der Waals surface area contributed by atoms with Crippen LogP contribution in [0.2, 0.25) is 0 Å². The number of rotatable bonds is 4. The molecule has 25 heavy (non-hydrogen) atoms. The fourth-order valence-electron chi connectivity index (χ4n) is 2.95. The minimum atomic E-state index is 0.690. The van der Waals surface area contributed by atoms with Crippen molar-refractivity contribution in [2.45, 2.75) is 6.42 Å². The summed E-state index contributed by atoms with van der Waals surface area (Å²) in [4.78, 5) is 13.4. The number of imidazole rings is 1. The van der Waals surface area contributed by atoms with Crippen molar-refractivity contribution in [3.63, 3.8) is 0 Å². The van der Waals surface area contributed by atoms with E-state index in [1.807, 2.05) is 36.4 Å². The van der Waals surface area contributed by atoms with Gasteiger partial charge < -0.3 is 5.73 Å². The van der Waals surface area contributed by atoms with Gasteiger partial charge in [0, 0.05) is 23.9 Å². The Morgan fingerprint density at radius 3 is 2.76 bits per heavy atom. The predicted molar refractivity (Wildman–Crippen MR) is 100 cm³/mol. The van der Waals surface area contributed by atoms with Gasteiger partial charge in [-0.05, 0) is 23.8 Å². The van der Waals surface area contributed by atoms with E-state index in [9.17, 15) is 0 Å². The Morgan fingerprint density at radius 2 is 1.96 bits per heavy atom. The summed E-state index contributed by atoms with van der Waals surface area (Å²) >= 11 is 0. The highest BCUT2D eigenvalue weighted by atomic mass is 15.1. The molecule has 2 aromatic heterocycles. The van der Waals surface area contributed by atoms with E-state index in [2.05, 4.69) is 33.2 Å². The maximum atomic E-state index is 5.94. The van der Waals surface area contributed by atoms with Crippen LogP contribution in [0.15, 0.2) is 67.6 Å². The zero-order valence-electron chi connectivity index (χ0n) is 13.6. The Labute approximate surface area is 145 Å². The fraction of sp³-hybridized carbons (Fsp3) is 0.0500. The molecule has 2 aromatic carbocycles. The number of nitrogens with zero attached hydrogens (tertiary/aromatic N) is 4. The molecule has 0 aliphatic carbocycles. The summed E-state index contributed by atoms with van der Waals surface area (Å²) in [6, 6.07) is 16.0. The van der Waals surface area contributed by atoms with E-state index in [0.29, 0.717) is 12.1 Å². The van der Waals surface area contributed by atoms with Crippen LogP contribution >= 0.6 is 0 Å². The quantitative estimate of drug-likeness (QED) is 0.581. The molecule has 0 saturated carbocycles. The summed E-state index contributed by atoms with van der Waals surface area (Å²) in [7, 11) is 0. The Morgan fingerprint density at radius 1 is 1.12 bits per heavy atom. The SMILES string of the molecule is C=Cc1cncnc1-n1c(Cc2ccccc2)nc2cc(N)ccc21. The first kappa shape index (κ1) is 15.1. The lowest BCUT2D eigenvalue weighted by atomic mass is 10.1. The first-order valence-electron chi connectivity index (χ1n) is 8.00. The average molecular weight is 327 g/mol. The van der Waals surface area contributed by atoms with Gasteiger partial charge in [0.1, 0.15) is 18.0 Å². The molecular formula is C20H17N5.